The molecule has 2 aromatic rings. The number of methoxy groups -OCH3 is 2. The monoisotopic (exact) mass is 412 g/mol. The van der Waals surface area contributed by atoms with Gasteiger partial charge in [-0.05, 0) is 50.2 Å². The van der Waals surface area contributed by atoms with Crippen LogP contribution in [-0.2, 0) is 10.0 Å². The topological polar surface area (TPSA) is 86.2 Å². The molecule has 0 saturated heterocycles. The van der Waals surface area contributed by atoms with E-state index in [2.05, 4.69) is 9.93 Å². The summed E-state index contributed by atoms with van der Waals surface area (Å²) in [6.07, 6.45) is 1.29. The lowest BCUT2D eigenvalue weighted by molar-refractivity contribution is 0.242. The van der Waals surface area contributed by atoms with E-state index in [4.69, 9.17) is 25.8 Å². The average molecular weight is 413 g/mol. The van der Waals surface area contributed by atoms with Crippen molar-refractivity contribution in [2.45, 2.75) is 24.8 Å². The fourth-order valence-electron chi connectivity index (χ4n) is 2.19. The largest absolute Gasteiger partial charge is 0.493 e. The summed E-state index contributed by atoms with van der Waals surface area (Å²) in [6, 6.07) is 9.35. The molecule has 2 aromatic carbocycles. The quantitative estimate of drug-likeness (QED) is 0.530. The van der Waals surface area contributed by atoms with Crippen molar-refractivity contribution >= 4 is 27.8 Å². The smallest absolute Gasteiger partial charge is 0.276 e. The number of ether oxygens (including phenoxy) is 3. The summed E-state index contributed by atoms with van der Waals surface area (Å²) in [5, 5.41) is 4.04. The van der Waals surface area contributed by atoms with Gasteiger partial charge in [-0.1, -0.05) is 11.6 Å². The standard InChI is InChI=1S/C18H21ClN2O5S/c1-12(2)26-14-6-8-15(9-7-14)27(22,23)21-20-11-13-5-10-16(24-3)18(25-4)17(13)19/h5-12,21H,1-4H3/b20-11+. The van der Waals surface area contributed by atoms with E-state index in [0.717, 1.165) is 0 Å². The fourth-order valence-corrected chi connectivity index (χ4v) is 3.27. The third-order valence-corrected chi connectivity index (χ3v) is 5.03. The summed E-state index contributed by atoms with van der Waals surface area (Å²) < 4.78 is 40.5. The lowest BCUT2D eigenvalue weighted by atomic mass is 10.2. The second-order valence-electron chi connectivity index (χ2n) is 5.70. The number of nitrogens with one attached hydrogen (secondary N) is 1. The van der Waals surface area contributed by atoms with Crippen LogP contribution in [0.5, 0.6) is 17.2 Å². The predicted octanol–water partition coefficient (Wildman–Crippen LogP) is 3.46. The van der Waals surface area contributed by atoms with Gasteiger partial charge in [0.25, 0.3) is 10.0 Å². The number of sulfonamides is 1. The van der Waals surface area contributed by atoms with Crippen molar-refractivity contribution in [3.05, 3.63) is 47.0 Å². The highest BCUT2D eigenvalue weighted by Gasteiger charge is 2.14. The molecule has 0 aliphatic carbocycles. The minimum atomic E-state index is -3.82. The zero-order valence-corrected chi connectivity index (χ0v) is 17.0. The van der Waals surface area contributed by atoms with Gasteiger partial charge >= 0.3 is 0 Å². The molecule has 146 valence electrons. The Labute approximate surface area is 163 Å². The molecule has 1 N–H and O–H groups in total. The van der Waals surface area contributed by atoms with Crippen LogP contribution in [0.25, 0.3) is 0 Å². The van der Waals surface area contributed by atoms with Crippen LogP contribution in [0.2, 0.25) is 5.02 Å². The van der Waals surface area contributed by atoms with Crippen LogP contribution in [-0.4, -0.2) is 35.0 Å². The first-order valence-electron chi connectivity index (χ1n) is 8.00. The van der Waals surface area contributed by atoms with E-state index in [1.54, 1.807) is 24.3 Å². The maximum Gasteiger partial charge on any atom is 0.276 e. The lowest BCUT2D eigenvalue weighted by Crippen LogP contribution is -2.18. The van der Waals surface area contributed by atoms with Gasteiger partial charge in [-0.3, -0.25) is 0 Å². The highest BCUT2D eigenvalue weighted by atomic mass is 35.5. The van der Waals surface area contributed by atoms with Crippen molar-refractivity contribution in [2.24, 2.45) is 5.10 Å². The van der Waals surface area contributed by atoms with Crippen LogP contribution >= 0.6 is 11.6 Å². The van der Waals surface area contributed by atoms with Crippen LogP contribution in [0, 0.1) is 0 Å². The Morgan fingerprint density at radius 3 is 2.30 bits per heavy atom. The Morgan fingerprint density at radius 2 is 1.74 bits per heavy atom. The number of hydrogen-bond donors (Lipinski definition) is 1. The normalized spacial score (nSPS) is 11.6. The molecule has 0 aliphatic rings. The Bertz CT molecular complexity index is 912. The zero-order chi connectivity index (χ0) is 20.0. The molecule has 2 rings (SSSR count). The summed E-state index contributed by atoms with van der Waals surface area (Å²) in [7, 11) is -0.868. The van der Waals surface area contributed by atoms with Gasteiger partial charge in [0.05, 0.1) is 36.5 Å². The molecule has 7 nitrogen and oxygen atoms in total. The molecule has 0 aromatic heterocycles. The summed E-state index contributed by atoms with van der Waals surface area (Å²) >= 11 is 6.23. The van der Waals surface area contributed by atoms with Gasteiger partial charge in [0.1, 0.15) is 5.75 Å². The zero-order valence-electron chi connectivity index (χ0n) is 15.4. The Morgan fingerprint density at radius 1 is 1.07 bits per heavy atom. The van der Waals surface area contributed by atoms with Gasteiger partial charge in [-0.15, -0.1) is 0 Å². The summed E-state index contributed by atoms with van der Waals surface area (Å²) in [6.45, 7) is 3.78. The van der Waals surface area contributed by atoms with Gasteiger partial charge in [-0.2, -0.15) is 13.5 Å². The summed E-state index contributed by atoms with van der Waals surface area (Å²) in [4.78, 5) is 2.21. The maximum atomic E-state index is 12.3. The number of nitrogens with zero attached hydrogens (tertiary/aromatic N) is 1. The maximum absolute atomic E-state index is 12.3. The van der Waals surface area contributed by atoms with Gasteiger partial charge < -0.3 is 14.2 Å². The third kappa shape index (κ3) is 5.27. The van der Waals surface area contributed by atoms with E-state index in [-0.39, 0.29) is 16.0 Å². The van der Waals surface area contributed by atoms with Crippen LogP contribution in [0.15, 0.2) is 46.4 Å². The fraction of sp³-hybridized carbons (Fsp3) is 0.278. The molecule has 0 unspecified atom stereocenters. The molecule has 0 spiro atoms. The highest BCUT2D eigenvalue weighted by Crippen LogP contribution is 2.36. The molecule has 0 fully saturated rings. The summed E-state index contributed by atoms with van der Waals surface area (Å²) in [5.41, 5.74) is 0.470. The van der Waals surface area contributed by atoms with Crippen molar-refractivity contribution in [1.82, 2.24) is 4.83 Å². The molecule has 0 bridgehead atoms. The molecular formula is C18H21ClN2O5S. The molecule has 27 heavy (non-hydrogen) atoms. The SMILES string of the molecule is COc1ccc(/C=N/NS(=O)(=O)c2ccc(OC(C)C)cc2)c(Cl)c1OC. The van der Waals surface area contributed by atoms with Crippen molar-refractivity contribution in [1.29, 1.82) is 0 Å². The first kappa shape index (κ1) is 20.9. The number of halogens is 1. The molecule has 0 heterocycles. The molecule has 0 amide bonds. The minimum Gasteiger partial charge on any atom is -0.493 e. The Balaban J connectivity index is 2.15. The molecular weight excluding hydrogens is 392 g/mol. The summed E-state index contributed by atoms with van der Waals surface area (Å²) in [5.74, 6) is 1.39. The number of benzene rings is 2. The van der Waals surface area contributed by atoms with Crippen LogP contribution in [0.1, 0.15) is 19.4 Å². The average Bonchev–Trinajstić information content (AvgIpc) is 2.62. The van der Waals surface area contributed by atoms with Crippen LogP contribution in [0.4, 0.5) is 0 Å². The van der Waals surface area contributed by atoms with E-state index in [0.29, 0.717) is 22.8 Å². The second kappa shape index (κ2) is 8.96. The first-order chi connectivity index (χ1) is 12.8. The van der Waals surface area contributed by atoms with E-state index >= 15 is 0 Å². The van der Waals surface area contributed by atoms with Gasteiger partial charge in [0.2, 0.25) is 0 Å². The van der Waals surface area contributed by atoms with E-state index in [1.807, 2.05) is 13.8 Å². The second-order valence-corrected chi connectivity index (χ2v) is 7.73. The van der Waals surface area contributed by atoms with Crippen LogP contribution < -0.4 is 19.0 Å². The van der Waals surface area contributed by atoms with E-state index in [1.165, 1.54) is 32.6 Å². The first-order valence-corrected chi connectivity index (χ1v) is 9.86. The minimum absolute atomic E-state index is 0.00131. The molecule has 9 heteroatoms. The van der Waals surface area contributed by atoms with Crippen LogP contribution in [0.3, 0.4) is 0 Å². The van der Waals surface area contributed by atoms with Gasteiger partial charge in [0.15, 0.2) is 11.5 Å². The number of hydrogen-bond acceptors (Lipinski definition) is 6. The van der Waals surface area contributed by atoms with Gasteiger partial charge in [-0.25, -0.2) is 4.83 Å². The molecule has 0 atom stereocenters. The molecule has 0 radical (unpaired) electrons. The van der Waals surface area contributed by atoms with Crippen molar-refractivity contribution in [3.8, 4) is 17.2 Å². The Kier molecular flexibility index (Phi) is 6.92. The molecule has 0 aliphatic heterocycles. The highest BCUT2D eigenvalue weighted by molar-refractivity contribution is 7.89. The number of rotatable bonds is 8. The van der Waals surface area contributed by atoms with Crippen molar-refractivity contribution < 1.29 is 22.6 Å². The Hall–Kier alpha value is -2.45. The van der Waals surface area contributed by atoms with Crippen molar-refractivity contribution in [2.75, 3.05) is 14.2 Å². The van der Waals surface area contributed by atoms with Gasteiger partial charge in [0, 0.05) is 5.56 Å². The van der Waals surface area contributed by atoms with Crippen molar-refractivity contribution in [3.63, 3.8) is 0 Å². The number of hydrazone groups is 1. The predicted molar refractivity (Wildman–Crippen MR) is 105 cm³/mol. The third-order valence-electron chi connectivity index (χ3n) is 3.40. The lowest BCUT2D eigenvalue weighted by Gasteiger charge is -2.11. The van der Waals surface area contributed by atoms with E-state index in [9.17, 15) is 8.42 Å². The molecule has 0 saturated carbocycles. The van der Waals surface area contributed by atoms with E-state index < -0.39 is 10.0 Å².